The van der Waals surface area contributed by atoms with Gasteiger partial charge < -0.3 is 4.74 Å². The Kier molecular flexibility index (Phi) is 7.93. The van der Waals surface area contributed by atoms with E-state index in [1.807, 2.05) is 19.1 Å². The van der Waals surface area contributed by atoms with E-state index >= 15 is 0 Å². The number of carbonyl (C=O) groups excluding carboxylic acids is 1. The van der Waals surface area contributed by atoms with Gasteiger partial charge in [-0.05, 0) is 42.2 Å². The summed E-state index contributed by atoms with van der Waals surface area (Å²) in [5, 5.41) is 0. The molecule has 0 saturated heterocycles. The lowest BCUT2D eigenvalue weighted by atomic mass is 9.77. The van der Waals surface area contributed by atoms with E-state index in [1.165, 1.54) is 51.4 Å². The van der Waals surface area contributed by atoms with Gasteiger partial charge in [0.15, 0.2) is 0 Å². The van der Waals surface area contributed by atoms with E-state index < -0.39 is 5.97 Å². The number of fused-ring (bicyclic) bond motifs is 1. The zero-order valence-corrected chi connectivity index (χ0v) is 17.8. The predicted octanol–water partition coefficient (Wildman–Crippen LogP) is 7.03. The molecule has 0 bridgehead atoms. The number of halogens is 1. The lowest BCUT2D eigenvalue weighted by molar-refractivity contribution is 0.0208. The van der Waals surface area contributed by atoms with Crippen molar-refractivity contribution in [2.75, 3.05) is 0 Å². The van der Waals surface area contributed by atoms with Crippen LogP contribution in [0.4, 0.5) is 4.39 Å². The van der Waals surface area contributed by atoms with Crippen molar-refractivity contribution in [3.8, 4) is 0 Å². The normalized spacial score (nSPS) is 24.7. The number of hydrogen-bond donors (Lipinski definition) is 0. The van der Waals surface area contributed by atoms with E-state index in [9.17, 15) is 9.18 Å². The molecule has 1 heterocycles. The van der Waals surface area contributed by atoms with Crippen molar-refractivity contribution in [1.29, 1.82) is 0 Å². The molecule has 1 fully saturated rings. The maximum atomic E-state index is 14.6. The molecule has 156 valence electrons. The molecule has 1 atom stereocenters. The molecule has 3 rings (SSSR count). The Morgan fingerprint density at radius 1 is 0.964 bits per heavy atom. The molecule has 1 aromatic carbocycles. The Morgan fingerprint density at radius 3 is 2.36 bits per heavy atom. The highest BCUT2D eigenvalue weighted by molar-refractivity contribution is 5.92. The van der Waals surface area contributed by atoms with Crippen molar-refractivity contribution in [1.82, 2.24) is 0 Å². The van der Waals surface area contributed by atoms with Gasteiger partial charge >= 0.3 is 5.97 Å². The van der Waals surface area contributed by atoms with Gasteiger partial charge in [0.2, 0.25) is 0 Å². The largest absolute Gasteiger partial charge is 0.458 e. The van der Waals surface area contributed by atoms with Crippen LogP contribution in [0.15, 0.2) is 12.1 Å². The van der Waals surface area contributed by atoms with Crippen LogP contribution in [0.3, 0.4) is 0 Å². The number of cyclic esters (lactones) is 1. The number of ether oxygens (including phenoxy) is 1. The topological polar surface area (TPSA) is 26.3 Å². The highest BCUT2D eigenvalue weighted by Crippen LogP contribution is 2.35. The summed E-state index contributed by atoms with van der Waals surface area (Å²) in [6.07, 6.45) is 15.0. The van der Waals surface area contributed by atoms with E-state index in [1.54, 1.807) is 0 Å². The molecule has 1 saturated carbocycles. The number of benzene rings is 1. The molecule has 0 spiro atoms. The summed E-state index contributed by atoms with van der Waals surface area (Å²) >= 11 is 0. The van der Waals surface area contributed by atoms with Gasteiger partial charge in [0.25, 0.3) is 0 Å². The number of unbranched alkanes of at least 4 members (excludes halogenated alkanes) is 2. The van der Waals surface area contributed by atoms with Crippen molar-refractivity contribution >= 4 is 5.97 Å². The van der Waals surface area contributed by atoms with Crippen molar-refractivity contribution < 1.29 is 13.9 Å². The first-order valence-electron chi connectivity index (χ1n) is 11.6. The second kappa shape index (κ2) is 10.4. The van der Waals surface area contributed by atoms with E-state index in [0.29, 0.717) is 18.4 Å². The molecular weight excluding hydrogens is 351 g/mol. The lowest BCUT2D eigenvalue weighted by Crippen LogP contribution is -2.30. The molecule has 3 heteroatoms. The van der Waals surface area contributed by atoms with E-state index in [4.69, 9.17) is 4.74 Å². The van der Waals surface area contributed by atoms with Gasteiger partial charge in [-0.2, -0.15) is 0 Å². The molecular formula is C25H37FO2. The minimum Gasteiger partial charge on any atom is -0.458 e. The molecule has 0 aromatic heterocycles. The molecule has 0 radical (unpaired) electrons. The van der Waals surface area contributed by atoms with Gasteiger partial charge in [0.1, 0.15) is 11.9 Å². The van der Waals surface area contributed by atoms with Gasteiger partial charge in [-0.15, -0.1) is 0 Å². The number of hydrogen-bond acceptors (Lipinski definition) is 2. The number of rotatable bonds is 9. The summed E-state index contributed by atoms with van der Waals surface area (Å²) in [6, 6.07) is 3.80. The first kappa shape index (κ1) is 21.3. The monoisotopic (exact) mass is 388 g/mol. The van der Waals surface area contributed by atoms with Crippen molar-refractivity contribution in [2.24, 2.45) is 11.8 Å². The van der Waals surface area contributed by atoms with Gasteiger partial charge in [-0.1, -0.05) is 83.8 Å². The standard InChI is InChI=1S/C25H37FO2/c1-3-5-6-8-18-9-11-19(12-10-18)13-16-22-17-21-15-14-20(7-4-2)24(26)23(21)25(27)28-22/h14-15,18-19,22H,3-13,16-17H2,1-2H3. The van der Waals surface area contributed by atoms with Crippen LogP contribution < -0.4 is 0 Å². The van der Waals surface area contributed by atoms with Crippen molar-refractivity contribution in [2.45, 2.75) is 103 Å². The summed E-state index contributed by atoms with van der Waals surface area (Å²) in [4.78, 5) is 12.4. The van der Waals surface area contributed by atoms with Crippen LogP contribution in [0, 0.1) is 17.7 Å². The summed E-state index contributed by atoms with van der Waals surface area (Å²) < 4.78 is 20.3. The summed E-state index contributed by atoms with van der Waals surface area (Å²) in [7, 11) is 0. The van der Waals surface area contributed by atoms with Gasteiger partial charge in [0, 0.05) is 6.42 Å². The maximum absolute atomic E-state index is 14.6. The fourth-order valence-electron chi connectivity index (χ4n) is 5.08. The fraction of sp³-hybridized carbons (Fsp3) is 0.720. The molecule has 1 aliphatic carbocycles. The molecule has 0 N–H and O–H groups in total. The predicted molar refractivity (Wildman–Crippen MR) is 112 cm³/mol. The highest BCUT2D eigenvalue weighted by Gasteiger charge is 2.31. The van der Waals surface area contributed by atoms with Gasteiger partial charge in [-0.25, -0.2) is 9.18 Å². The van der Waals surface area contributed by atoms with Crippen LogP contribution in [-0.2, 0) is 17.6 Å². The SMILES string of the molecule is CCCCCC1CCC(CCC2Cc3ccc(CCC)c(F)c3C(=O)O2)CC1. The Balaban J connectivity index is 1.47. The quantitative estimate of drug-likeness (QED) is 0.335. The van der Waals surface area contributed by atoms with E-state index in [2.05, 4.69) is 6.92 Å². The van der Waals surface area contributed by atoms with Gasteiger partial charge in [-0.3, -0.25) is 0 Å². The van der Waals surface area contributed by atoms with Gasteiger partial charge in [0.05, 0.1) is 5.56 Å². The second-order valence-electron chi connectivity index (χ2n) is 9.01. The zero-order valence-electron chi connectivity index (χ0n) is 17.8. The number of esters is 1. The Bertz CT molecular complexity index is 646. The Morgan fingerprint density at radius 2 is 1.68 bits per heavy atom. The van der Waals surface area contributed by atoms with Crippen molar-refractivity contribution in [3.63, 3.8) is 0 Å². The first-order chi connectivity index (χ1) is 13.6. The molecule has 2 nitrogen and oxygen atoms in total. The van der Waals surface area contributed by atoms with Crippen LogP contribution in [0.5, 0.6) is 0 Å². The molecule has 28 heavy (non-hydrogen) atoms. The zero-order chi connectivity index (χ0) is 19.9. The summed E-state index contributed by atoms with van der Waals surface area (Å²) in [5.74, 6) is 0.888. The van der Waals surface area contributed by atoms with E-state index in [0.717, 1.165) is 36.7 Å². The third-order valence-corrected chi connectivity index (χ3v) is 6.83. The first-order valence-corrected chi connectivity index (χ1v) is 11.6. The highest BCUT2D eigenvalue weighted by atomic mass is 19.1. The lowest BCUT2D eigenvalue weighted by Gasteiger charge is -2.31. The third kappa shape index (κ3) is 5.36. The average molecular weight is 389 g/mol. The molecule has 0 amide bonds. The number of aryl methyl sites for hydroxylation is 1. The van der Waals surface area contributed by atoms with Crippen LogP contribution in [0.25, 0.3) is 0 Å². The Labute approximate surface area is 170 Å². The van der Waals surface area contributed by atoms with Crippen LogP contribution in [-0.4, -0.2) is 12.1 Å². The molecule has 1 aromatic rings. The number of carbonyl (C=O) groups is 1. The third-order valence-electron chi connectivity index (χ3n) is 6.83. The smallest absolute Gasteiger partial charge is 0.341 e. The van der Waals surface area contributed by atoms with Crippen LogP contribution >= 0.6 is 0 Å². The molecule has 1 aliphatic heterocycles. The Hall–Kier alpha value is -1.38. The molecule has 1 unspecified atom stereocenters. The molecule has 2 aliphatic rings. The second-order valence-corrected chi connectivity index (χ2v) is 9.01. The average Bonchev–Trinajstić information content (AvgIpc) is 2.69. The minimum absolute atomic E-state index is 0.0845. The summed E-state index contributed by atoms with van der Waals surface area (Å²) in [5.41, 5.74) is 1.65. The fourth-order valence-corrected chi connectivity index (χ4v) is 5.08. The van der Waals surface area contributed by atoms with Crippen LogP contribution in [0.2, 0.25) is 0 Å². The van der Waals surface area contributed by atoms with E-state index in [-0.39, 0.29) is 17.5 Å². The minimum atomic E-state index is -0.457. The summed E-state index contributed by atoms with van der Waals surface area (Å²) in [6.45, 7) is 4.29. The maximum Gasteiger partial charge on any atom is 0.341 e. The van der Waals surface area contributed by atoms with Crippen LogP contribution in [0.1, 0.15) is 106 Å². The van der Waals surface area contributed by atoms with Crippen molar-refractivity contribution in [3.05, 3.63) is 34.6 Å².